The van der Waals surface area contributed by atoms with Gasteiger partial charge in [-0.05, 0) is 6.42 Å². The fourth-order valence-electron chi connectivity index (χ4n) is 0.738. The number of carbonyl (C=O) groups is 1. The van der Waals surface area contributed by atoms with Crippen molar-refractivity contribution >= 4 is 5.97 Å². The molecule has 2 N–H and O–H groups in total. The van der Waals surface area contributed by atoms with Gasteiger partial charge in [-0.3, -0.25) is 4.79 Å². The third kappa shape index (κ3) is 2.80. The Bertz CT molecular complexity index is 138. The summed E-state index contributed by atoms with van der Waals surface area (Å²) in [4.78, 5) is 10.2. The van der Waals surface area contributed by atoms with Crippen molar-refractivity contribution in [1.82, 2.24) is 0 Å². The fourth-order valence-corrected chi connectivity index (χ4v) is 0.738. The molecular weight excluding hydrogens is 158 g/mol. The number of alkyl halides is 2. The zero-order valence-electron chi connectivity index (χ0n) is 6.00. The van der Waals surface area contributed by atoms with Crippen LogP contribution >= 0.6 is 0 Å². The van der Waals surface area contributed by atoms with Crippen LogP contribution < -0.4 is 0 Å². The highest BCUT2D eigenvalue weighted by Crippen LogP contribution is 2.15. The van der Waals surface area contributed by atoms with Gasteiger partial charge in [-0.1, -0.05) is 6.92 Å². The lowest BCUT2D eigenvalue weighted by Crippen LogP contribution is -2.33. The summed E-state index contributed by atoms with van der Waals surface area (Å²) < 4.78 is 23.4. The number of carboxylic acids is 1. The Morgan fingerprint density at radius 3 is 2.09 bits per heavy atom. The van der Waals surface area contributed by atoms with E-state index in [1.54, 1.807) is 0 Å². The van der Waals surface area contributed by atoms with Crippen LogP contribution in [0.5, 0.6) is 0 Å². The molecule has 0 fully saturated rings. The van der Waals surface area contributed by atoms with Crippen molar-refractivity contribution in [1.29, 1.82) is 0 Å². The zero-order valence-corrected chi connectivity index (χ0v) is 6.00. The predicted molar refractivity (Wildman–Crippen MR) is 33.4 cm³/mol. The molecule has 2 unspecified atom stereocenters. The fraction of sp³-hybridized carbons (Fsp3) is 0.833. The Balaban J connectivity index is 4.14. The predicted octanol–water partition coefficient (Wildman–Crippen LogP) is 0.723. The number of aliphatic hydroxyl groups excluding tert-OH is 1. The molecular formula is C6H10F2O3. The molecule has 0 amide bonds. The molecule has 0 aliphatic carbocycles. The maximum absolute atomic E-state index is 11.7. The minimum Gasteiger partial charge on any atom is -0.481 e. The first kappa shape index (κ1) is 10.3. The monoisotopic (exact) mass is 168 g/mol. The number of carboxylic acid groups (broad SMARTS) is 1. The molecule has 0 saturated carbocycles. The smallest absolute Gasteiger partial charge is 0.309 e. The molecule has 2 atom stereocenters. The number of aliphatic hydroxyl groups is 1. The van der Waals surface area contributed by atoms with Gasteiger partial charge in [-0.2, -0.15) is 0 Å². The Morgan fingerprint density at radius 2 is 2.00 bits per heavy atom. The van der Waals surface area contributed by atoms with Crippen LogP contribution in [0.2, 0.25) is 0 Å². The van der Waals surface area contributed by atoms with E-state index in [0.29, 0.717) is 0 Å². The lowest BCUT2D eigenvalue weighted by atomic mass is 10.0. The molecule has 0 aliphatic heterocycles. The Kier molecular flexibility index (Phi) is 3.95. The molecule has 0 aromatic carbocycles. The Labute approximate surface area is 62.6 Å². The van der Waals surface area contributed by atoms with Gasteiger partial charge >= 0.3 is 5.97 Å². The maximum atomic E-state index is 11.7. The second-order valence-corrected chi connectivity index (χ2v) is 2.18. The van der Waals surface area contributed by atoms with Crippen molar-refractivity contribution in [3.63, 3.8) is 0 Å². The molecule has 0 rings (SSSR count). The molecule has 5 heteroatoms. The first-order chi connectivity index (χ1) is 5.00. The van der Waals surface area contributed by atoms with E-state index in [-0.39, 0.29) is 6.42 Å². The van der Waals surface area contributed by atoms with Crippen LogP contribution in [0.1, 0.15) is 13.3 Å². The summed E-state index contributed by atoms with van der Waals surface area (Å²) in [6.07, 6.45) is -5.05. The van der Waals surface area contributed by atoms with E-state index in [9.17, 15) is 13.6 Å². The van der Waals surface area contributed by atoms with Gasteiger partial charge in [0.2, 0.25) is 0 Å². The molecule has 0 spiro atoms. The number of rotatable bonds is 4. The molecule has 0 saturated heterocycles. The average molecular weight is 168 g/mol. The topological polar surface area (TPSA) is 57.5 Å². The highest BCUT2D eigenvalue weighted by atomic mass is 19.3. The molecule has 0 radical (unpaired) electrons. The molecule has 0 aliphatic rings. The summed E-state index contributed by atoms with van der Waals surface area (Å²) in [5.41, 5.74) is 0. The molecule has 66 valence electrons. The van der Waals surface area contributed by atoms with Gasteiger partial charge in [0.25, 0.3) is 6.43 Å². The van der Waals surface area contributed by atoms with Crippen LogP contribution in [0.4, 0.5) is 8.78 Å². The van der Waals surface area contributed by atoms with Crippen LogP contribution in [0.25, 0.3) is 0 Å². The van der Waals surface area contributed by atoms with Gasteiger partial charge in [0.05, 0.1) is 5.92 Å². The summed E-state index contributed by atoms with van der Waals surface area (Å²) in [5, 5.41) is 16.9. The molecule has 0 aromatic heterocycles. The summed E-state index contributed by atoms with van der Waals surface area (Å²) in [7, 11) is 0. The quantitative estimate of drug-likeness (QED) is 0.650. The third-order valence-corrected chi connectivity index (χ3v) is 1.43. The van der Waals surface area contributed by atoms with Crippen LogP contribution in [0.3, 0.4) is 0 Å². The highest BCUT2D eigenvalue weighted by Gasteiger charge is 2.31. The third-order valence-electron chi connectivity index (χ3n) is 1.43. The van der Waals surface area contributed by atoms with E-state index in [4.69, 9.17) is 10.2 Å². The molecule has 0 heterocycles. The largest absolute Gasteiger partial charge is 0.481 e. The van der Waals surface area contributed by atoms with Crippen LogP contribution in [-0.4, -0.2) is 28.7 Å². The van der Waals surface area contributed by atoms with Gasteiger partial charge in [0, 0.05) is 0 Å². The SMILES string of the molecule is CCC(C(=O)O)C(O)C(F)F. The molecule has 3 nitrogen and oxygen atoms in total. The van der Waals surface area contributed by atoms with Crippen LogP contribution in [-0.2, 0) is 4.79 Å². The average Bonchev–Trinajstić information content (AvgIpc) is 1.88. The first-order valence-corrected chi connectivity index (χ1v) is 3.19. The van der Waals surface area contributed by atoms with Crippen molar-refractivity contribution in [2.45, 2.75) is 25.9 Å². The van der Waals surface area contributed by atoms with E-state index in [0.717, 1.165) is 0 Å². The molecule has 11 heavy (non-hydrogen) atoms. The number of aliphatic carboxylic acids is 1. The summed E-state index contributed by atoms with van der Waals surface area (Å²) in [6, 6.07) is 0. The van der Waals surface area contributed by atoms with Crippen LogP contribution in [0, 0.1) is 5.92 Å². The minimum atomic E-state index is -2.99. The standard InChI is InChI=1S/C6H10F2O3/c1-2-3(6(10)11)4(9)5(7)8/h3-5,9H,2H2,1H3,(H,10,11). The van der Waals surface area contributed by atoms with E-state index in [1.165, 1.54) is 6.92 Å². The number of hydrogen-bond acceptors (Lipinski definition) is 2. The van der Waals surface area contributed by atoms with Gasteiger partial charge < -0.3 is 10.2 Å². The summed E-state index contributed by atoms with van der Waals surface area (Å²) in [5.74, 6) is -2.75. The second kappa shape index (κ2) is 4.23. The van der Waals surface area contributed by atoms with Crippen molar-refractivity contribution in [2.24, 2.45) is 5.92 Å². The lowest BCUT2D eigenvalue weighted by Gasteiger charge is -2.15. The number of hydrogen-bond donors (Lipinski definition) is 2. The zero-order chi connectivity index (χ0) is 9.02. The van der Waals surface area contributed by atoms with Gasteiger partial charge in [-0.15, -0.1) is 0 Å². The summed E-state index contributed by atoms with van der Waals surface area (Å²) >= 11 is 0. The molecule has 0 bridgehead atoms. The summed E-state index contributed by atoms with van der Waals surface area (Å²) in [6.45, 7) is 1.43. The van der Waals surface area contributed by atoms with Gasteiger partial charge in [0.1, 0.15) is 6.10 Å². The first-order valence-electron chi connectivity index (χ1n) is 3.19. The normalized spacial score (nSPS) is 16.5. The van der Waals surface area contributed by atoms with Crippen molar-refractivity contribution in [3.05, 3.63) is 0 Å². The van der Waals surface area contributed by atoms with E-state index in [2.05, 4.69) is 0 Å². The van der Waals surface area contributed by atoms with E-state index in [1.807, 2.05) is 0 Å². The van der Waals surface area contributed by atoms with E-state index < -0.39 is 24.4 Å². The van der Waals surface area contributed by atoms with Crippen molar-refractivity contribution in [2.75, 3.05) is 0 Å². The Hall–Kier alpha value is -0.710. The molecule has 0 aromatic rings. The van der Waals surface area contributed by atoms with Crippen molar-refractivity contribution in [3.8, 4) is 0 Å². The van der Waals surface area contributed by atoms with Crippen molar-refractivity contribution < 1.29 is 23.8 Å². The van der Waals surface area contributed by atoms with E-state index >= 15 is 0 Å². The minimum absolute atomic E-state index is 0.000833. The van der Waals surface area contributed by atoms with Crippen LogP contribution in [0.15, 0.2) is 0 Å². The maximum Gasteiger partial charge on any atom is 0.309 e. The Morgan fingerprint density at radius 1 is 1.55 bits per heavy atom. The lowest BCUT2D eigenvalue weighted by molar-refractivity contribution is -0.150. The van der Waals surface area contributed by atoms with Gasteiger partial charge in [0.15, 0.2) is 0 Å². The second-order valence-electron chi connectivity index (χ2n) is 2.18. The number of halogens is 2. The van der Waals surface area contributed by atoms with Gasteiger partial charge in [-0.25, -0.2) is 8.78 Å². The highest BCUT2D eigenvalue weighted by molar-refractivity contribution is 5.70.